The molecule has 4 aromatic heterocycles. The number of H-pyrrole nitrogens is 1. The van der Waals surface area contributed by atoms with E-state index in [1.165, 1.54) is 0 Å². The largest absolute Gasteiger partial charge is 0.359 e. The van der Waals surface area contributed by atoms with E-state index < -0.39 is 0 Å². The molecule has 4 aromatic rings. The number of pyridine rings is 2. The van der Waals surface area contributed by atoms with Crippen LogP contribution in [-0.2, 0) is 6.54 Å². The van der Waals surface area contributed by atoms with E-state index in [1.807, 2.05) is 60.6 Å². The van der Waals surface area contributed by atoms with E-state index in [-0.39, 0.29) is 0 Å². The maximum Gasteiger partial charge on any atom is 0.156 e. The maximum absolute atomic E-state index is 5.42. The van der Waals surface area contributed by atoms with E-state index in [0.29, 0.717) is 6.54 Å². The summed E-state index contributed by atoms with van der Waals surface area (Å²) < 4.78 is 5.42. The summed E-state index contributed by atoms with van der Waals surface area (Å²) in [7, 11) is 1.97. The predicted molar refractivity (Wildman–Crippen MR) is 87.9 cm³/mol. The number of aromatic nitrogens is 4. The van der Waals surface area contributed by atoms with Crippen molar-refractivity contribution < 1.29 is 4.52 Å². The summed E-state index contributed by atoms with van der Waals surface area (Å²) in [6.45, 7) is 0.582. The number of hydrogen-bond donors (Lipinski definition) is 1. The first-order valence-corrected chi connectivity index (χ1v) is 7.32. The van der Waals surface area contributed by atoms with E-state index in [9.17, 15) is 0 Å². The molecule has 0 aliphatic carbocycles. The summed E-state index contributed by atoms with van der Waals surface area (Å²) in [6.07, 6.45) is 3.63. The second-order valence-electron chi connectivity index (χ2n) is 5.33. The van der Waals surface area contributed by atoms with Gasteiger partial charge in [-0.2, -0.15) is 0 Å². The minimum absolute atomic E-state index is 0.582. The zero-order valence-corrected chi connectivity index (χ0v) is 12.6. The van der Waals surface area contributed by atoms with Crippen LogP contribution < -0.4 is 4.90 Å². The molecule has 0 bridgehead atoms. The van der Waals surface area contributed by atoms with Crippen molar-refractivity contribution in [3.05, 3.63) is 60.6 Å². The first kappa shape index (κ1) is 13.5. The van der Waals surface area contributed by atoms with E-state index >= 15 is 0 Å². The highest BCUT2D eigenvalue weighted by Gasteiger charge is 2.11. The molecule has 114 valence electrons. The van der Waals surface area contributed by atoms with Crippen LogP contribution in [-0.4, -0.2) is 27.2 Å². The van der Waals surface area contributed by atoms with Crippen LogP contribution in [0.1, 0.15) is 5.76 Å². The highest BCUT2D eigenvalue weighted by molar-refractivity contribution is 5.77. The van der Waals surface area contributed by atoms with Gasteiger partial charge in [0, 0.05) is 30.9 Å². The molecule has 0 radical (unpaired) electrons. The van der Waals surface area contributed by atoms with Crippen molar-refractivity contribution in [2.45, 2.75) is 6.54 Å². The van der Waals surface area contributed by atoms with E-state index in [0.717, 1.165) is 34.0 Å². The summed E-state index contributed by atoms with van der Waals surface area (Å²) in [5.74, 6) is 1.64. The Balaban J connectivity index is 1.54. The molecule has 0 aliphatic heterocycles. The van der Waals surface area contributed by atoms with Crippen LogP contribution in [0.5, 0.6) is 0 Å². The molecule has 23 heavy (non-hydrogen) atoms. The lowest BCUT2D eigenvalue weighted by Gasteiger charge is -2.15. The van der Waals surface area contributed by atoms with Crippen LogP contribution in [0.2, 0.25) is 0 Å². The third kappa shape index (κ3) is 2.66. The van der Waals surface area contributed by atoms with Gasteiger partial charge in [0.05, 0.1) is 12.2 Å². The molecule has 0 fully saturated rings. The summed E-state index contributed by atoms with van der Waals surface area (Å²) in [5, 5.41) is 5.18. The SMILES string of the molecule is CN(Cc1cc(-c2ccccn2)no1)c1ccc2cc[nH]c2n1. The molecule has 0 atom stereocenters. The molecule has 4 heterocycles. The number of rotatable bonds is 4. The standard InChI is InChI=1S/C17H15N5O/c1-22(16-6-5-12-7-9-19-17(12)20-16)11-13-10-15(21-23-13)14-4-2-3-8-18-14/h2-10H,11H2,1H3,(H,19,20). The van der Waals surface area contributed by atoms with Gasteiger partial charge in [-0.05, 0) is 30.3 Å². The highest BCUT2D eigenvalue weighted by Crippen LogP contribution is 2.20. The Labute approximate surface area is 132 Å². The van der Waals surface area contributed by atoms with Gasteiger partial charge in [0.2, 0.25) is 0 Å². The molecule has 6 nitrogen and oxygen atoms in total. The van der Waals surface area contributed by atoms with Crippen LogP contribution in [0.4, 0.5) is 5.82 Å². The molecule has 0 unspecified atom stereocenters. The van der Waals surface area contributed by atoms with Crippen LogP contribution in [0.3, 0.4) is 0 Å². The quantitative estimate of drug-likeness (QED) is 0.626. The molecule has 0 saturated carbocycles. The Hall–Kier alpha value is -3.15. The number of nitrogens with one attached hydrogen (secondary N) is 1. The van der Waals surface area contributed by atoms with Gasteiger partial charge in [-0.3, -0.25) is 4.98 Å². The van der Waals surface area contributed by atoms with Gasteiger partial charge in [-0.15, -0.1) is 0 Å². The molecule has 0 aromatic carbocycles. The molecule has 0 amide bonds. The topological polar surface area (TPSA) is 70.8 Å². The first-order valence-electron chi connectivity index (χ1n) is 7.32. The van der Waals surface area contributed by atoms with Crippen LogP contribution in [0.15, 0.2) is 59.4 Å². The van der Waals surface area contributed by atoms with Gasteiger partial charge < -0.3 is 14.4 Å². The molecular formula is C17H15N5O. The fraction of sp³-hybridized carbons (Fsp3) is 0.118. The van der Waals surface area contributed by atoms with Gasteiger partial charge in [0.15, 0.2) is 5.76 Å². The van der Waals surface area contributed by atoms with Crippen molar-refractivity contribution >= 4 is 16.9 Å². The van der Waals surface area contributed by atoms with E-state index in [4.69, 9.17) is 4.52 Å². The van der Waals surface area contributed by atoms with Crippen molar-refractivity contribution in [1.82, 2.24) is 20.1 Å². The highest BCUT2D eigenvalue weighted by atomic mass is 16.5. The Kier molecular flexibility index (Phi) is 3.27. The summed E-state index contributed by atoms with van der Waals surface area (Å²) in [4.78, 5) is 14.0. The van der Waals surface area contributed by atoms with Gasteiger partial charge in [-0.1, -0.05) is 11.2 Å². The van der Waals surface area contributed by atoms with Gasteiger partial charge in [0.25, 0.3) is 0 Å². The van der Waals surface area contributed by atoms with Crippen LogP contribution in [0, 0.1) is 0 Å². The van der Waals surface area contributed by atoms with Gasteiger partial charge in [-0.25, -0.2) is 4.98 Å². The molecule has 1 N–H and O–H groups in total. The van der Waals surface area contributed by atoms with Crippen LogP contribution >= 0.6 is 0 Å². The molecule has 0 saturated heterocycles. The average molecular weight is 305 g/mol. The average Bonchev–Trinajstić information content (AvgIpc) is 3.24. The molecular weight excluding hydrogens is 290 g/mol. The third-order valence-corrected chi connectivity index (χ3v) is 3.67. The number of nitrogens with zero attached hydrogens (tertiary/aromatic N) is 4. The van der Waals surface area contributed by atoms with Gasteiger partial charge >= 0.3 is 0 Å². The van der Waals surface area contributed by atoms with E-state index in [1.54, 1.807) is 6.20 Å². The Morgan fingerprint density at radius 3 is 2.96 bits per heavy atom. The van der Waals surface area contributed by atoms with Crippen molar-refractivity contribution in [2.75, 3.05) is 11.9 Å². The lowest BCUT2D eigenvalue weighted by Crippen LogP contribution is -2.17. The second-order valence-corrected chi connectivity index (χ2v) is 5.33. The zero-order chi connectivity index (χ0) is 15.6. The number of hydrogen-bond acceptors (Lipinski definition) is 5. The minimum atomic E-state index is 0.582. The summed E-state index contributed by atoms with van der Waals surface area (Å²) in [6, 6.07) is 13.7. The maximum atomic E-state index is 5.42. The zero-order valence-electron chi connectivity index (χ0n) is 12.6. The molecule has 4 rings (SSSR count). The lowest BCUT2D eigenvalue weighted by atomic mass is 10.2. The Morgan fingerprint density at radius 2 is 2.09 bits per heavy atom. The normalized spacial score (nSPS) is 11.0. The number of anilines is 1. The Morgan fingerprint density at radius 1 is 1.13 bits per heavy atom. The lowest BCUT2D eigenvalue weighted by molar-refractivity contribution is 0.384. The van der Waals surface area contributed by atoms with Gasteiger partial charge in [0.1, 0.15) is 17.2 Å². The van der Waals surface area contributed by atoms with Crippen molar-refractivity contribution in [3.63, 3.8) is 0 Å². The molecule has 6 heteroatoms. The number of aromatic amines is 1. The fourth-order valence-corrected chi connectivity index (χ4v) is 2.47. The van der Waals surface area contributed by atoms with Crippen molar-refractivity contribution in [2.24, 2.45) is 0 Å². The summed E-state index contributed by atoms with van der Waals surface area (Å²) >= 11 is 0. The molecule has 0 spiro atoms. The predicted octanol–water partition coefficient (Wildman–Crippen LogP) is 3.25. The minimum Gasteiger partial charge on any atom is -0.359 e. The second kappa shape index (κ2) is 5.57. The monoisotopic (exact) mass is 305 g/mol. The van der Waals surface area contributed by atoms with Crippen LogP contribution in [0.25, 0.3) is 22.4 Å². The van der Waals surface area contributed by atoms with Crippen molar-refractivity contribution in [1.29, 1.82) is 0 Å². The first-order chi connectivity index (χ1) is 11.3. The number of fused-ring (bicyclic) bond motifs is 1. The van der Waals surface area contributed by atoms with Crippen molar-refractivity contribution in [3.8, 4) is 11.4 Å². The third-order valence-electron chi connectivity index (χ3n) is 3.67. The van der Waals surface area contributed by atoms with E-state index in [2.05, 4.69) is 20.1 Å². The smallest absolute Gasteiger partial charge is 0.156 e. The Bertz CT molecular complexity index is 928. The fourth-order valence-electron chi connectivity index (χ4n) is 2.47. The summed E-state index contributed by atoms with van der Waals surface area (Å²) in [5.41, 5.74) is 2.42. The molecule has 0 aliphatic rings.